The molecule has 3 rings (SSSR count). The van der Waals surface area contributed by atoms with Crippen molar-refractivity contribution in [3.05, 3.63) is 62.6 Å². The maximum atomic E-state index is 12.6. The van der Waals surface area contributed by atoms with Crippen molar-refractivity contribution >= 4 is 34.7 Å². The first-order valence-electron chi connectivity index (χ1n) is 8.17. The van der Waals surface area contributed by atoms with Crippen LogP contribution in [0.4, 0.5) is 5.69 Å². The maximum Gasteiger partial charge on any atom is 0.262 e. The molecule has 0 saturated carbocycles. The number of nitrogens with zero attached hydrogens (tertiary/aromatic N) is 1. The highest BCUT2D eigenvalue weighted by Crippen LogP contribution is 2.26. The van der Waals surface area contributed by atoms with Gasteiger partial charge in [0, 0.05) is 12.1 Å². The number of rotatable bonds is 4. The van der Waals surface area contributed by atoms with Gasteiger partial charge in [-0.25, -0.2) is 0 Å². The molecule has 0 unspecified atom stereocenters. The van der Waals surface area contributed by atoms with Crippen LogP contribution in [0.25, 0.3) is 10.9 Å². The molecule has 0 aliphatic rings. The van der Waals surface area contributed by atoms with Crippen molar-refractivity contribution in [1.29, 1.82) is 0 Å². The van der Waals surface area contributed by atoms with E-state index in [4.69, 9.17) is 17.0 Å². The van der Waals surface area contributed by atoms with Gasteiger partial charge in [0.2, 0.25) is 0 Å². The summed E-state index contributed by atoms with van der Waals surface area (Å²) >= 11 is 5.22. The number of aromatic amines is 1. The predicted octanol–water partition coefficient (Wildman–Crippen LogP) is 3.65. The summed E-state index contributed by atoms with van der Waals surface area (Å²) in [6.45, 7) is 4.28. The van der Waals surface area contributed by atoms with Crippen LogP contribution in [0, 0.1) is 11.7 Å². The molecule has 0 spiro atoms. The Morgan fingerprint density at radius 1 is 1.27 bits per heavy atom. The summed E-state index contributed by atoms with van der Waals surface area (Å²) in [5.41, 5.74) is 2.38. The standard InChI is InChI=1S/C19H19N3O3S/c1-4-22-18(24)13-7-6-12(10-14(13)21-19(22)26)17(23)20-15-9-11(2)5-8-16(15)25-3/h5-10H,4H2,1-3H3,(H,20,23)(H,21,26). The number of aromatic nitrogens is 2. The second kappa shape index (κ2) is 7.13. The van der Waals surface area contributed by atoms with E-state index in [1.165, 1.54) is 4.57 Å². The average Bonchev–Trinajstić information content (AvgIpc) is 2.61. The van der Waals surface area contributed by atoms with Crippen molar-refractivity contribution in [2.75, 3.05) is 12.4 Å². The first-order chi connectivity index (χ1) is 12.4. The molecule has 26 heavy (non-hydrogen) atoms. The van der Waals surface area contributed by atoms with Crippen molar-refractivity contribution < 1.29 is 9.53 Å². The number of ether oxygens (including phenoxy) is 1. The van der Waals surface area contributed by atoms with Gasteiger partial charge in [0.25, 0.3) is 11.5 Å². The van der Waals surface area contributed by atoms with Gasteiger partial charge in [-0.3, -0.25) is 14.2 Å². The van der Waals surface area contributed by atoms with E-state index in [2.05, 4.69) is 10.3 Å². The maximum absolute atomic E-state index is 12.6. The molecule has 2 aromatic carbocycles. The summed E-state index contributed by atoms with van der Waals surface area (Å²) in [6.07, 6.45) is 0. The Bertz CT molecular complexity index is 1120. The molecule has 6 nitrogen and oxygen atoms in total. The van der Waals surface area contributed by atoms with Gasteiger partial charge >= 0.3 is 0 Å². The number of anilines is 1. The summed E-state index contributed by atoms with van der Waals surface area (Å²) in [5.74, 6) is 0.282. The van der Waals surface area contributed by atoms with Gasteiger partial charge in [-0.05, 0) is 62.0 Å². The molecule has 1 aromatic heterocycles. The topological polar surface area (TPSA) is 76.1 Å². The first kappa shape index (κ1) is 17.9. The van der Waals surface area contributed by atoms with E-state index in [1.807, 2.05) is 26.0 Å². The highest BCUT2D eigenvalue weighted by molar-refractivity contribution is 7.71. The van der Waals surface area contributed by atoms with Crippen molar-refractivity contribution in [3.63, 3.8) is 0 Å². The van der Waals surface area contributed by atoms with Gasteiger partial charge in [-0.1, -0.05) is 6.07 Å². The molecule has 3 aromatic rings. The van der Waals surface area contributed by atoms with Gasteiger partial charge in [0.1, 0.15) is 5.75 Å². The van der Waals surface area contributed by atoms with Crippen LogP contribution >= 0.6 is 12.2 Å². The Morgan fingerprint density at radius 3 is 2.73 bits per heavy atom. The lowest BCUT2D eigenvalue weighted by Crippen LogP contribution is -2.21. The molecule has 1 amide bonds. The van der Waals surface area contributed by atoms with Crippen LogP contribution < -0.4 is 15.6 Å². The van der Waals surface area contributed by atoms with E-state index in [-0.39, 0.29) is 11.5 Å². The SMILES string of the molecule is CCn1c(=S)[nH]c2cc(C(=O)Nc3cc(C)ccc3OC)ccc2c1=O. The molecule has 0 bridgehead atoms. The van der Waals surface area contributed by atoms with Gasteiger partial charge in [0.05, 0.1) is 23.7 Å². The minimum absolute atomic E-state index is 0.168. The second-order valence-corrected chi connectivity index (χ2v) is 6.28. The molecule has 0 saturated heterocycles. The number of fused-ring (bicyclic) bond motifs is 1. The van der Waals surface area contributed by atoms with E-state index in [0.29, 0.717) is 39.2 Å². The molecule has 0 aliphatic carbocycles. The van der Waals surface area contributed by atoms with Crippen LogP contribution in [0.15, 0.2) is 41.2 Å². The zero-order chi connectivity index (χ0) is 18.8. The van der Waals surface area contributed by atoms with E-state index < -0.39 is 0 Å². The molecule has 134 valence electrons. The van der Waals surface area contributed by atoms with Crippen LogP contribution in [-0.4, -0.2) is 22.6 Å². The van der Waals surface area contributed by atoms with Crippen LogP contribution in [0.2, 0.25) is 0 Å². The van der Waals surface area contributed by atoms with Crippen molar-refractivity contribution in [2.45, 2.75) is 20.4 Å². The smallest absolute Gasteiger partial charge is 0.262 e. The number of amides is 1. The number of aryl methyl sites for hydroxylation is 1. The molecular formula is C19H19N3O3S. The average molecular weight is 369 g/mol. The van der Waals surface area contributed by atoms with E-state index in [0.717, 1.165) is 5.56 Å². The fourth-order valence-corrected chi connectivity index (χ4v) is 3.12. The molecule has 7 heteroatoms. The highest BCUT2D eigenvalue weighted by atomic mass is 32.1. The quantitative estimate of drug-likeness (QED) is 0.688. The fourth-order valence-electron chi connectivity index (χ4n) is 2.80. The Hall–Kier alpha value is -2.93. The van der Waals surface area contributed by atoms with Crippen LogP contribution in [0.5, 0.6) is 5.75 Å². The lowest BCUT2D eigenvalue weighted by molar-refractivity contribution is 0.102. The van der Waals surface area contributed by atoms with E-state index in [9.17, 15) is 9.59 Å². The summed E-state index contributed by atoms with van der Waals surface area (Å²) in [7, 11) is 1.55. The van der Waals surface area contributed by atoms with Gasteiger partial charge in [-0.2, -0.15) is 0 Å². The summed E-state index contributed by atoms with van der Waals surface area (Å²) < 4.78 is 7.10. The third-order valence-electron chi connectivity index (χ3n) is 4.16. The van der Waals surface area contributed by atoms with Gasteiger partial charge < -0.3 is 15.0 Å². The number of H-pyrrole nitrogens is 1. The van der Waals surface area contributed by atoms with E-state index >= 15 is 0 Å². The Labute approximate surface area is 155 Å². The predicted molar refractivity (Wildman–Crippen MR) is 105 cm³/mol. The van der Waals surface area contributed by atoms with Crippen LogP contribution in [0.3, 0.4) is 0 Å². The largest absolute Gasteiger partial charge is 0.495 e. The monoisotopic (exact) mass is 369 g/mol. The molecule has 2 N–H and O–H groups in total. The lowest BCUT2D eigenvalue weighted by Gasteiger charge is -2.12. The zero-order valence-electron chi connectivity index (χ0n) is 14.8. The Morgan fingerprint density at radius 2 is 2.04 bits per heavy atom. The number of carbonyl (C=O) groups excluding carboxylic acids is 1. The molecule has 0 atom stereocenters. The Kier molecular flexibility index (Phi) is 4.90. The highest BCUT2D eigenvalue weighted by Gasteiger charge is 2.12. The third-order valence-corrected chi connectivity index (χ3v) is 4.49. The number of nitrogens with one attached hydrogen (secondary N) is 2. The normalized spacial score (nSPS) is 10.7. The summed E-state index contributed by atoms with van der Waals surface area (Å²) in [5, 5.41) is 3.34. The van der Waals surface area contributed by atoms with Crippen molar-refractivity contribution in [3.8, 4) is 5.75 Å². The minimum Gasteiger partial charge on any atom is -0.495 e. The fraction of sp³-hybridized carbons (Fsp3) is 0.211. The van der Waals surface area contributed by atoms with Gasteiger partial charge in [0.15, 0.2) is 4.77 Å². The van der Waals surface area contributed by atoms with E-state index in [1.54, 1.807) is 31.4 Å². The summed E-state index contributed by atoms with van der Waals surface area (Å²) in [6, 6.07) is 10.4. The second-order valence-electron chi connectivity index (χ2n) is 5.90. The summed E-state index contributed by atoms with van der Waals surface area (Å²) in [4.78, 5) is 28.1. The van der Waals surface area contributed by atoms with Crippen LogP contribution in [-0.2, 0) is 6.54 Å². The van der Waals surface area contributed by atoms with Gasteiger partial charge in [-0.15, -0.1) is 0 Å². The first-order valence-corrected chi connectivity index (χ1v) is 8.58. The molecule has 0 fully saturated rings. The van der Waals surface area contributed by atoms with Crippen molar-refractivity contribution in [2.24, 2.45) is 0 Å². The van der Waals surface area contributed by atoms with Crippen molar-refractivity contribution in [1.82, 2.24) is 9.55 Å². The number of hydrogen-bond donors (Lipinski definition) is 2. The minimum atomic E-state index is -0.296. The Balaban J connectivity index is 2.01. The number of hydrogen-bond acceptors (Lipinski definition) is 4. The van der Waals surface area contributed by atoms with Crippen LogP contribution in [0.1, 0.15) is 22.8 Å². The number of carbonyl (C=O) groups is 1. The lowest BCUT2D eigenvalue weighted by atomic mass is 10.1. The number of methoxy groups -OCH3 is 1. The molecule has 1 heterocycles. The zero-order valence-corrected chi connectivity index (χ0v) is 15.6. The third kappa shape index (κ3) is 3.25. The molecular weight excluding hydrogens is 350 g/mol. The number of benzene rings is 2. The molecule has 0 aliphatic heterocycles. The molecule has 0 radical (unpaired) electrons.